The van der Waals surface area contributed by atoms with Gasteiger partial charge in [-0.05, 0) is 31.6 Å². The summed E-state index contributed by atoms with van der Waals surface area (Å²) in [6, 6.07) is -0.343. The lowest BCUT2D eigenvalue weighted by Crippen LogP contribution is -2.39. The van der Waals surface area contributed by atoms with Gasteiger partial charge in [-0.3, -0.25) is 9.69 Å². The van der Waals surface area contributed by atoms with E-state index in [0.29, 0.717) is 18.4 Å². The number of aryl methyl sites for hydroxylation is 1. The van der Waals surface area contributed by atoms with Crippen molar-refractivity contribution in [3.05, 3.63) is 11.6 Å². The van der Waals surface area contributed by atoms with Crippen LogP contribution in [0.25, 0.3) is 0 Å². The molecule has 1 saturated carbocycles. The van der Waals surface area contributed by atoms with E-state index in [-0.39, 0.29) is 6.04 Å². The van der Waals surface area contributed by atoms with Crippen molar-refractivity contribution in [2.24, 2.45) is 18.9 Å². The van der Waals surface area contributed by atoms with Crippen LogP contribution in [0.1, 0.15) is 30.9 Å². The molecular formula is C13H20N4O2. The van der Waals surface area contributed by atoms with Gasteiger partial charge in [0.1, 0.15) is 17.7 Å². The molecule has 1 aromatic rings. The topological polar surface area (TPSA) is 71.2 Å². The second kappa shape index (κ2) is 4.59. The molecule has 6 nitrogen and oxygen atoms in total. The molecule has 1 aliphatic heterocycles. The minimum absolute atomic E-state index is 0.326. The monoisotopic (exact) mass is 264 g/mol. The number of rotatable bonds is 3. The van der Waals surface area contributed by atoms with Crippen LogP contribution in [0.3, 0.4) is 0 Å². The number of hydrogen-bond donors (Lipinski definition) is 1. The van der Waals surface area contributed by atoms with E-state index in [4.69, 9.17) is 0 Å². The number of carboxylic acids is 1. The molecule has 1 aliphatic carbocycles. The van der Waals surface area contributed by atoms with Gasteiger partial charge < -0.3 is 9.67 Å². The summed E-state index contributed by atoms with van der Waals surface area (Å²) >= 11 is 0. The maximum absolute atomic E-state index is 11.6. The average Bonchev–Trinajstić information content (AvgIpc) is 2.99. The second-order valence-corrected chi connectivity index (χ2v) is 5.79. The van der Waals surface area contributed by atoms with Crippen molar-refractivity contribution in [2.45, 2.75) is 38.8 Å². The normalized spacial score (nSPS) is 30.7. The number of aromatic nitrogens is 3. The Balaban J connectivity index is 1.80. The van der Waals surface area contributed by atoms with Crippen molar-refractivity contribution >= 4 is 5.97 Å². The molecule has 1 saturated heterocycles. The fourth-order valence-electron chi connectivity index (χ4n) is 3.67. The van der Waals surface area contributed by atoms with Crippen LogP contribution in [0.2, 0.25) is 0 Å². The maximum Gasteiger partial charge on any atom is 0.321 e. The lowest BCUT2D eigenvalue weighted by molar-refractivity contribution is -0.143. The molecule has 0 radical (unpaired) electrons. The van der Waals surface area contributed by atoms with Crippen LogP contribution in [-0.2, 0) is 18.4 Å². The summed E-state index contributed by atoms with van der Waals surface area (Å²) < 4.78 is 1.94. The van der Waals surface area contributed by atoms with E-state index in [9.17, 15) is 9.90 Å². The molecule has 0 amide bonds. The van der Waals surface area contributed by atoms with Gasteiger partial charge in [0, 0.05) is 13.6 Å². The molecule has 3 unspecified atom stereocenters. The Morgan fingerprint density at radius 3 is 2.84 bits per heavy atom. The first-order chi connectivity index (χ1) is 9.08. The van der Waals surface area contributed by atoms with E-state index in [1.807, 2.05) is 18.5 Å². The Kier molecular flexibility index (Phi) is 3.05. The van der Waals surface area contributed by atoms with Gasteiger partial charge in [0.15, 0.2) is 0 Å². The molecule has 19 heavy (non-hydrogen) atoms. The molecule has 104 valence electrons. The molecule has 1 N–H and O–H groups in total. The van der Waals surface area contributed by atoms with Gasteiger partial charge in [-0.2, -0.15) is 0 Å². The number of nitrogens with zero attached hydrogens (tertiary/aromatic N) is 4. The third-order valence-corrected chi connectivity index (χ3v) is 4.77. The predicted molar refractivity (Wildman–Crippen MR) is 68.4 cm³/mol. The van der Waals surface area contributed by atoms with Crippen LogP contribution < -0.4 is 0 Å². The third kappa shape index (κ3) is 2.04. The fraction of sp³-hybridized carbons (Fsp3) is 0.769. The Bertz CT molecular complexity index is 499. The highest BCUT2D eigenvalue weighted by Crippen LogP contribution is 2.42. The molecule has 0 aromatic carbocycles. The van der Waals surface area contributed by atoms with Gasteiger partial charge >= 0.3 is 5.97 Å². The third-order valence-electron chi connectivity index (χ3n) is 4.77. The molecule has 3 atom stereocenters. The van der Waals surface area contributed by atoms with Gasteiger partial charge in [-0.15, -0.1) is 10.2 Å². The van der Waals surface area contributed by atoms with Crippen LogP contribution in [0.5, 0.6) is 0 Å². The van der Waals surface area contributed by atoms with Crippen molar-refractivity contribution in [1.29, 1.82) is 0 Å². The smallest absolute Gasteiger partial charge is 0.321 e. The fourth-order valence-corrected chi connectivity index (χ4v) is 3.67. The average molecular weight is 264 g/mol. The zero-order valence-corrected chi connectivity index (χ0v) is 11.4. The molecule has 3 rings (SSSR count). The van der Waals surface area contributed by atoms with Gasteiger partial charge in [-0.25, -0.2) is 0 Å². The summed E-state index contributed by atoms with van der Waals surface area (Å²) in [6.45, 7) is 3.37. The number of hydrogen-bond acceptors (Lipinski definition) is 4. The predicted octanol–water partition coefficient (Wildman–Crippen LogP) is 0.809. The highest BCUT2D eigenvalue weighted by molar-refractivity contribution is 5.74. The van der Waals surface area contributed by atoms with Crippen LogP contribution in [0.4, 0.5) is 0 Å². The number of carbonyl (C=O) groups is 1. The van der Waals surface area contributed by atoms with Crippen molar-refractivity contribution in [1.82, 2.24) is 19.7 Å². The zero-order chi connectivity index (χ0) is 13.6. The Morgan fingerprint density at radius 1 is 1.42 bits per heavy atom. The van der Waals surface area contributed by atoms with Crippen molar-refractivity contribution < 1.29 is 9.90 Å². The largest absolute Gasteiger partial charge is 0.480 e. The zero-order valence-electron chi connectivity index (χ0n) is 11.4. The highest BCUT2D eigenvalue weighted by Gasteiger charge is 2.47. The van der Waals surface area contributed by atoms with Gasteiger partial charge in [0.25, 0.3) is 0 Å². The molecule has 0 bridgehead atoms. The summed E-state index contributed by atoms with van der Waals surface area (Å²) in [5.74, 6) is 1.90. The van der Waals surface area contributed by atoms with Crippen molar-refractivity contribution in [3.63, 3.8) is 0 Å². The van der Waals surface area contributed by atoms with E-state index >= 15 is 0 Å². The Labute approximate surface area is 112 Å². The molecule has 2 aliphatic rings. The van der Waals surface area contributed by atoms with Crippen LogP contribution in [0.15, 0.2) is 0 Å². The second-order valence-electron chi connectivity index (χ2n) is 5.79. The standard InChI is InChI=1S/C13H20N4O2/c1-8-14-15-11(16(8)2)7-17-6-9-4-3-5-10(9)12(17)13(18)19/h9-10,12H,3-7H2,1-2H3,(H,18,19). The molecule has 6 heteroatoms. The van der Waals surface area contributed by atoms with Crippen molar-refractivity contribution in [2.75, 3.05) is 6.54 Å². The summed E-state index contributed by atoms with van der Waals surface area (Å²) in [5, 5.41) is 17.7. The number of likely N-dealkylation sites (tertiary alicyclic amines) is 1. The van der Waals surface area contributed by atoms with E-state index in [1.54, 1.807) is 0 Å². The number of fused-ring (bicyclic) bond motifs is 1. The first-order valence-corrected chi connectivity index (χ1v) is 6.89. The maximum atomic E-state index is 11.6. The first kappa shape index (κ1) is 12.6. The molecule has 1 aromatic heterocycles. The molecular weight excluding hydrogens is 244 g/mol. The summed E-state index contributed by atoms with van der Waals surface area (Å²) in [7, 11) is 1.93. The van der Waals surface area contributed by atoms with Crippen LogP contribution >= 0.6 is 0 Å². The number of carboxylic acid groups (broad SMARTS) is 1. The van der Waals surface area contributed by atoms with Gasteiger partial charge in [-0.1, -0.05) is 6.42 Å². The van der Waals surface area contributed by atoms with E-state index < -0.39 is 5.97 Å². The number of aliphatic carboxylic acids is 1. The minimum atomic E-state index is -0.687. The molecule has 2 fully saturated rings. The van der Waals surface area contributed by atoms with E-state index in [1.165, 1.54) is 12.8 Å². The van der Waals surface area contributed by atoms with Crippen LogP contribution in [0, 0.1) is 18.8 Å². The lowest BCUT2D eigenvalue weighted by atomic mass is 9.94. The Morgan fingerprint density at radius 2 is 2.21 bits per heavy atom. The quantitative estimate of drug-likeness (QED) is 0.874. The first-order valence-electron chi connectivity index (χ1n) is 6.89. The Hall–Kier alpha value is -1.43. The van der Waals surface area contributed by atoms with E-state index in [0.717, 1.165) is 24.6 Å². The van der Waals surface area contributed by atoms with Gasteiger partial charge in [0.05, 0.1) is 6.54 Å². The van der Waals surface area contributed by atoms with Gasteiger partial charge in [0.2, 0.25) is 0 Å². The summed E-state index contributed by atoms with van der Waals surface area (Å²) in [4.78, 5) is 13.6. The highest BCUT2D eigenvalue weighted by atomic mass is 16.4. The summed E-state index contributed by atoms with van der Waals surface area (Å²) in [6.07, 6.45) is 3.40. The molecule has 0 spiro atoms. The summed E-state index contributed by atoms with van der Waals surface area (Å²) in [5.41, 5.74) is 0. The lowest BCUT2D eigenvalue weighted by Gasteiger charge is -2.23. The van der Waals surface area contributed by atoms with Crippen molar-refractivity contribution in [3.8, 4) is 0 Å². The minimum Gasteiger partial charge on any atom is -0.480 e. The SMILES string of the molecule is Cc1nnc(CN2CC3CCCC3C2C(=O)O)n1C. The molecule has 2 heterocycles. The van der Waals surface area contributed by atoms with Crippen LogP contribution in [-0.4, -0.2) is 43.3 Å². The van der Waals surface area contributed by atoms with E-state index in [2.05, 4.69) is 15.1 Å².